The van der Waals surface area contributed by atoms with Crippen molar-refractivity contribution in [2.75, 3.05) is 20.1 Å². The van der Waals surface area contributed by atoms with Gasteiger partial charge in [0.05, 0.1) is 11.9 Å². The highest BCUT2D eigenvalue weighted by molar-refractivity contribution is 7.89. The second-order valence-corrected chi connectivity index (χ2v) is 12.0. The summed E-state index contributed by atoms with van der Waals surface area (Å²) in [7, 11) is -2.30. The average molecular weight is 561 g/mol. The number of hydrogen-bond donors (Lipinski definition) is 2. The first-order valence-electron chi connectivity index (χ1n) is 12.4. The molecule has 0 aliphatic rings. The molecule has 0 aliphatic heterocycles. The Hall–Kier alpha value is -2.82. The molecule has 0 spiro atoms. The van der Waals surface area contributed by atoms with E-state index in [-0.39, 0.29) is 30.5 Å². The fourth-order valence-corrected chi connectivity index (χ4v) is 5.86. The summed E-state index contributed by atoms with van der Waals surface area (Å²) >= 11 is 5.96. The lowest BCUT2D eigenvalue weighted by molar-refractivity contribution is -0.835. The maximum atomic E-state index is 13.5. The summed E-state index contributed by atoms with van der Waals surface area (Å²) < 4.78 is 33.8. The smallest absolute Gasteiger partial charge is 0.415 e. The molecule has 0 fully saturated rings. The lowest BCUT2D eigenvalue weighted by atomic mass is 10.00. The van der Waals surface area contributed by atoms with Crippen LogP contribution in [0.3, 0.4) is 0 Å². The van der Waals surface area contributed by atoms with Crippen LogP contribution in [0.25, 0.3) is 0 Å². The van der Waals surface area contributed by atoms with Crippen LogP contribution in [0.1, 0.15) is 25.0 Å². The molecule has 10 heteroatoms. The molecular weight excluding hydrogens is 526 g/mol. The number of alkyl carbamates (subject to hydrolysis) is 2. The summed E-state index contributed by atoms with van der Waals surface area (Å²) in [5.74, 6) is 0.00590. The van der Waals surface area contributed by atoms with Crippen molar-refractivity contribution in [3.05, 3.63) is 95.3 Å². The van der Waals surface area contributed by atoms with E-state index in [1.54, 1.807) is 31.6 Å². The first kappa shape index (κ1) is 29.7. The van der Waals surface area contributed by atoms with Crippen LogP contribution in [0.2, 0.25) is 5.02 Å². The SMILES string of the molecule is CC(C)CN(C[C@@H](O)[C@H](Cc1ccccc1)[NH+](C)C(=O)OCc1cccnc1)S(=O)(=O)c1ccc(Cl)cc1. The van der Waals surface area contributed by atoms with Crippen molar-refractivity contribution in [1.82, 2.24) is 9.29 Å². The van der Waals surface area contributed by atoms with Crippen molar-refractivity contribution in [2.45, 2.75) is 43.9 Å². The highest BCUT2D eigenvalue weighted by Crippen LogP contribution is 2.20. The molecule has 0 radical (unpaired) electrons. The number of benzene rings is 2. The number of carbonyl (C=O) groups is 1. The molecule has 8 nitrogen and oxygen atoms in total. The molecule has 1 aromatic heterocycles. The summed E-state index contributed by atoms with van der Waals surface area (Å²) in [6, 6.07) is 18.3. The van der Waals surface area contributed by atoms with E-state index in [0.29, 0.717) is 16.3 Å². The van der Waals surface area contributed by atoms with Gasteiger partial charge in [0.1, 0.15) is 18.8 Å². The van der Waals surface area contributed by atoms with Crippen molar-refractivity contribution >= 4 is 27.7 Å². The highest BCUT2D eigenvalue weighted by Gasteiger charge is 2.37. The maximum absolute atomic E-state index is 13.5. The van der Waals surface area contributed by atoms with E-state index >= 15 is 0 Å². The van der Waals surface area contributed by atoms with Crippen LogP contribution in [-0.4, -0.2) is 61.2 Å². The zero-order valence-corrected chi connectivity index (χ0v) is 23.4. The molecule has 0 aliphatic carbocycles. The number of hydrogen-bond acceptors (Lipinski definition) is 6. The van der Waals surface area contributed by atoms with Gasteiger partial charge >= 0.3 is 6.09 Å². The second kappa shape index (κ2) is 13.8. The van der Waals surface area contributed by atoms with Crippen LogP contribution in [0.4, 0.5) is 4.79 Å². The minimum atomic E-state index is -3.92. The Morgan fingerprint density at radius 3 is 2.29 bits per heavy atom. The number of aliphatic hydroxyl groups excluding tert-OH is 1. The van der Waals surface area contributed by atoms with Gasteiger partial charge < -0.3 is 9.84 Å². The Morgan fingerprint density at radius 2 is 1.68 bits per heavy atom. The Kier molecular flexibility index (Phi) is 10.8. The van der Waals surface area contributed by atoms with Crippen LogP contribution < -0.4 is 4.90 Å². The van der Waals surface area contributed by atoms with Gasteiger partial charge in [-0.25, -0.2) is 13.3 Å². The molecule has 2 aromatic carbocycles. The molecule has 1 amide bonds. The monoisotopic (exact) mass is 560 g/mol. The van der Waals surface area contributed by atoms with Crippen LogP contribution in [-0.2, 0) is 27.8 Å². The number of ether oxygens (including phenoxy) is 1. The Bertz CT molecular complexity index is 1260. The molecule has 0 saturated heterocycles. The first-order valence-corrected chi connectivity index (χ1v) is 14.3. The van der Waals surface area contributed by atoms with E-state index < -0.39 is 28.3 Å². The summed E-state index contributed by atoms with van der Waals surface area (Å²) in [5.41, 5.74) is 1.65. The molecule has 0 bridgehead atoms. The quantitative estimate of drug-likeness (QED) is 0.353. The van der Waals surface area contributed by atoms with Gasteiger partial charge in [0.15, 0.2) is 0 Å². The van der Waals surface area contributed by atoms with Crippen molar-refractivity contribution in [1.29, 1.82) is 0 Å². The normalized spacial score (nSPS) is 14.3. The zero-order valence-electron chi connectivity index (χ0n) is 21.8. The number of pyridine rings is 1. The molecule has 3 aromatic rings. The summed E-state index contributed by atoms with van der Waals surface area (Å²) in [5, 5.41) is 11.9. The van der Waals surface area contributed by atoms with E-state index in [4.69, 9.17) is 16.3 Å². The van der Waals surface area contributed by atoms with Gasteiger partial charge in [0.2, 0.25) is 10.0 Å². The first-order chi connectivity index (χ1) is 18.1. The molecule has 1 heterocycles. The number of aromatic nitrogens is 1. The predicted octanol–water partition coefficient (Wildman–Crippen LogP) is 3.21. The number of sulfonamides is 1. The number of amides is 1. The van der Waals surface area contributed by atoms with Crippen molar-refractivity contribution in [3.63, 3.8) is 0 Å². The van der Waals surface area contributed by atoms with E-state index in [1.165, 1.54) is 28.6 Å². The van der Waals surface area contributed by atoms with Crippen LogP contribution >= 0.6 is 11.6 Å². The lowest BCUT2D eigenvalue weighted by Gasteiger charge is -2.31. The van der Waals surface area contributed by atoms with E-state index in [9.17, 15) is 18.3 Å². The number of carbonyl (C=O) groups excluding carboxylic acids is 1. The largest absolute Gasteiger partial charge is 0.514 e. The van der Waals surface area contributed by atoms with Crippen LogP contribution in [0, 0.1) is 5.92 Å². The topological polar surface area (TPSA) is 101 Å². The number of likely N-dealkylation sites (N-methyl/N-ethyl adjacent to an activating group) is 1. The minimum absolute atomic E-state index is 0.00590. The van der Waals surface area contributed by atoms with Gasteiger partial charge in [-0.3, -0.25) is 4.98 Å². The number of halogens is 1. The molecule has 38 heavy (non-hydrogen) atoms. The van der Waals surface area contributed by atoms with Gasteiger partial charge in [-0.2, -0.15) is 9.10 Å². The van der Waals surface area contributed by atoms with E-state index in [0.717, 1.165) is 11.1 Å². The summed E-state index contributed by atoms with van der Waals surface area (Å²) in [6.45, 7) is 3.87. The average Bonchev–Trinajstić information content (AvgIpc) is 2.90. The Balaban J connectivity index is 1.84. The number of nitrogens with one attached hydrogen (secondary N) is 1. The number of quaternary nitrogens is 1. The molecule has 0 saturated carbocycles. The number of rotatable bonds is 12. The predicted molar refractivity (Wildman–Crippen MR) is 146 cm³/mol. The number of aliphatic hydroxyl groups is 1. The summed E-state index contributed by atoms with van der Waals surface area (Å²) in [6.07, 6.45) is 1.87. The third kappa shape index (κ3) is 8.34. The molecule has 2 N–H and O–H groups in total. The second-order valence-electron chi connectivity index (χ2n) is 9.65. The third-order valence-electron chi connectivity index (χ3n) is 6.14. The van der Waals surface area contributed by atoms with Gasteiger partial charge in [-0.05, 0) is 41.8 Å². The zero-order chi connectivity index (χ0) is 27.7. The van der Waals surface area contributed by atoms with E-state index in [1.807, 2.05) is 44.2 Å². The minimum Gasteiger partial charge on any atom is -0.415 e. The van der Waals surface area contributed by atoms with Crippen LogP contribution in [0.5, 0.6) is 0 Å². The fraction of sp³-hybridized carbons (Fsp3) is 0.357. The third-order valence-corrected chi connectivity index (χ3v) is 8.24. The van der Waals surface area contributed by atoms with Crippen molar-refractivity contribution in [2.24, 2.45) is 5.92 Å². The standard InChI is InChI=1S/C28H34ClN3O5S/c1-21(2)18-32(38(35,36)25-13-11-24(29)12-14-25)19-27(33)26(16-22-8-5-4-6-9-22)31(3)28(34)37-20-23-10-7-15-30-17-23/h4-15,17,21,26-27,33H,16,18-20H2,1-3H3/p+1/t26-,27+/m0/s1. The molecule has 3 atom stereocenters. The molecule has 3 rings (SSSR count). The maximum Gasteiger partial charge on any atom is 0.514 e. The van der Waals surface area contributed by atoms with Gasteiger partial charge in [-0.15, -0.1) is 0 Å². The Morgan fingerprint density at radius 1 is 1.03 bits per heavy atom. The number of nitrogens with zero attached hydrogens (tertiary/aromatic N) is 2. The fourth-order valence-electron chi connectivity index (χ4n) is 4.11. The van der Waals surface area contributed by atoms with E-state index in [2.05, 4.69) is 4.98 Å². The van der Waals surface area contributed by atoms with Gasteiger partial charge in [-0.1, -0.05) is 61.8 Å². The van der Waals surface area contributed by atoms with Crippen molar-refractivity contribution < 1.29 is 28.0 Å². The highest BCUT2D eigenvalue weighted by atomic mass is 35.5. The van der Waals surface area contributed by atoms with Crippen molar-refractivity contribution in [3.8, 4) is 0 Å². The molecule has 204 valence electrons. The summed E-state index contributed by atoms with van der Waals surface area (Å²) in [4.78, 5) is 17.5. The molecular formula is C28H35ClN3O5S+. The van der Waals surface area contributed by atoms with Gasteiger partial charge in [0.25, 0.3) is 0 Å². The van der Waals surface area contributed by atoms with Gasteiger partial charge in [0, 0.05) is 42.5 Å². The van der Waals surface area contributed by atoms with Crippen LogP contribution in [0.15, 0.2) is 84.0 Å². The lowest BCUT2D eigenvalue weighted by Crippen LogP contribution is -3.17. The molecule has 1 unspecified atom stereocenters. The Labute approximate surface area is 229 Å².